The Labute approximate surface area is 165 Å². The summed E-state index contributed by atoms with van der Waals surface area (Å²) >= 11 is 0. The van der Waals surface area contributed by atoms with Crippen molar-refractivity contribution in [1.82, 2.24) is 15.5 Å². The van der Waals surface area contributed by atoms with Gasteiger partial charge in [0.15, 0.2) is 0 Å². The lowest BCUT2D eigenvalue weighted by Crippen LogP contribution is -2.29. The number of fused-ring (bicyclic) bond motifs is 1. The summed E-state index contributed by atoms with van der Waals surface area (Å²) in [7, 11) is 0. The van der Waals surface area contributed by atoms with Crippen LogP contribution in [0.5, 0.6) is 0 Å². The maximum absolute atomic E-state index is 11.7. The molecule has 0 saturated carbocycles. The van der Waals surface area contributed by atoms with E-state index in [-0.39, 0.29) is 30.8 Å². The molecule has 29 heavy (non-hydrogen) atoms. The fraction of sp³-hybridized carbons (Fsp3) is 0.263. The largest absolute Gasteiger partial charge is 0.445 e. The Morgan fingerprint density at radius 3 is 2.76 bits per heavy atom. The molecule has 2 unspecified atom stereocenters. The molecule has 0 saturated heterocycles. The Morgan fingerprint density at radius 2 is 2.03 bits per heavy atom. The van der Waals surface area contributed by atoms with Crippen LogP contribution in [-0.4, -0.2) is 44.1 Å². The number of nitro groups is 1. The highest BCUT2D eigenvalue weighted by atomic mass is 16.6. The topological polar surface area (TPSA) is 151 Å². The van der Waals surface area contributed by atoms with Gasteiger partial charge in [-0.05, 0) is 23.6 Å². The van der Waals surface area contributed by atoms with Gasteiger partial charge in [-0.3, -0.25) is 15.2 Å². The smallest absolute Gasteiger partial charge is 0.407 e. The van der Waals surface area contributed by atoms with Gasteiger partial charge < -0.3 is 20.3 Å². The minimum atomic E-state index is -1.37. The van der Waals surface area contributed by atoms with E-state index in [4.69, 9.17) is 4.74 Å². The van der Waals surface area contributed by atoms with Gasteiger partial charge in [0.05, 0.1) is 28.1 Å². The molecule has 0 aliphatic heterocycles. The maximum atomic E-state index is 11.7. The van der Waals surface area contributed by atoms with Gasteiger partial charge >= 0.3 is 6.09 Å². The van der Waals surface area contributed by atoms with E-state index in [1.165, 1.54) is 18.3 Å². The molecule has 0 fully saturated rings. The first-order chi connectivity index (χ1) is 14.0. The van der Waals surface area contributed by atoms with E-state index >= 15 is 0 Å². The van der Waals surface area contributed by atoms with Crippen molar-refractivity contribution in [3.63, 3.8) is 0 Å². The highest BCUT2D eigenvalue weighted by Crippen LogP contribution is 2.30. The molecule has 1 amide bonds. The molecule has 1 aromatic heterocycles. The van der Waals surface area contributed by atoms with E-state index in [1.807, 2.05) is 30.3 Å². The third kappa shape index (κ3) is 5.06. The molecule has 0 aliphatic carbocycles. The highest BCUT2D eigenvalue weighted by molar-refractivity contribution is 5.88. The van der Waals surface area contributed by atoms with Crippen molar-refractivity contribution in [1.29, 1.82) is 0 Å². The number of rotatable bonds is 8. The number of aliphatic hydroxyl groups excluding tert-OH is 2. The minimum absolute atomic E-state index is 0.0242. The van der Waals surface area contributed by atoms with E-state index in [0.717, 1.165) is 5.56 Å². The normalized spacial score (nSPS) is 13.0. The van der Waals surface area contributed by atoms with Crippen LogP contribution in [0.15, 0.2) is 48.7 Å². The minimum Gasteiger partial charge on any atom is -0.445 e. The fourth-order valence-electron chi connectivity index (χ4n) is 2.85. The summed E-state index contributed by atoms with van der Waals surface area (Å²) < 4.78 is 5.06. The summed E-state index contributed by atoms with van der Waals surface area (Å²) in [5.74, 6) is 0. The molecule has 10 nitrogen and oxygen atoms in total. The van der Waals surface area contributed by atoms with Gasteiger partial charge in [-0.15, -0.1) is 0 Å². The standard InChI is InChI=1S/C19H20N4O6/c24-17(6-7-20-19(26)29-11-12-4-2-1-3-5-12)18(25)13-8-15-14(10-21-22-15)16(9-13)23(27)28/h1-5,8-10,17-18,24-25H,6-7,11H2,(H,20,26)(H,21,22). The number of carbonyl (C=O) groups excluding carboxylic acids is 1. The molecule has 3 aromatic rings. The first-order valence-electron chi connectivity index (χ1n) is 8.88. The SMILES string of the molecule is O=C(NCCC(O)C(O)c1cc([N+](=O)[O-])c2cn[nH]c2c1)OCc1ccccc1. The summed E-state index contributed by atoms with van der Waals surface area (Å²) in [5.41, 5.74) is 1.17. The molecule has 3 rings (SSSR count). The van der Waals surface area contributed by atoms with Crippen molar-refractivity contribution >= 4 is 22.7 Å². The monoisotopic (exact) mass is 400 g/mol. The first-order valence-corrected chi connectivity index (χ1v) is 8.88. The fourth-order valence-corrected chi connectivity index (χ4v) is 2.85. The molecule has 0 aliphatic rings. The number of hydrogen-bond acceptors (Lipinski definition) is 7. The molecular weight excluding hydrogens is 380 g/mol. The van der Waals surface area contributed by atoms with Gasteiger partial charge in [-0.25, -0.2) is 4.79 Å². The van der Waals surface area contributed by atoms with Crippen molar-refractivity contribution in [3.8, 4) is 0 Å². The maximum Gasteiger partial charge on any atom is 0.407 e. The van der Waals surface area contributed by atoms with Crippen molar-refractivity contribution in [2.24, 2.45) is 0 Å². The van der Waals surface area contributed by atoms with Crippen molar-refractivity contribution in [3.05, 3.63) is 69.9 Å². The van der Waals surface area contributed by atoms with Gasteiger partial charge in [0.1, 0.15) is 12.7 Å². The van der Waals surface area contributed by atoms with Crippen LogP contribution in [-0.2, 0) is 11.3 Å². The second-order valence-corrected chi connectivity index (χ2v) is 6.42. The number of aromatic amines is 1. The van der Waals surface area contributed by atoms with Crippen LogP contribution in [0.3, 0.4) is 0 Å². The van der Waals surface area contributed by atoms with Crippen LogP contribution in [0.2, 0.25) is 0 Å². The summed E-state index contributed by atoms with van der Waals surface area (Å²) in [4.78, 5) is 22.4. The number of H-pyrrole nitrogens is 1. The predicted octanol–water partition coefficient (Wildman–Crippen LogP) is 2.18. The van der Waals surface area contributed by atoms with Gasteiger partial charge in [-0.1, -0.05) is 30.3 Å². The van der Waals surface area contributed by atoms with E-state index < -0.39 is 23.2 Å². The number of aromatic nitrogens is 2. The molecular formula is C19H20N4O6. The number of ether oxygens (including phenoxy) is 1. The number of amides is 1. The third-order valence-corrected chi connectivity index (χ3v) is 4.38. The molecule has 2 atom stereocenters. The van der Waals surface area contributed by atoms with Crippen LogP contribution in [0.25, 0.3) is 10.9 Å². The lowest BCUT2D eigenvalue weighted by atomic mass is 10.00. The molecule has 2 aromatic carbocycles. The number of nitro benzene ring substituents is 1. The molecule has 10 heteroatoms. The Balaban J connectivity index is 1.53. The average molecular weight is 400 g/mol. The Morgan fingerprint density at radius 1 is 1.28 bits per heavy atom. The lowest BCUT2D eigenvalue weighted by Gasteiger charge is -2.18. The number of benzene rings is 2. The molecule has 0 spiro atoms. The van der Waals surface area contributed by atoms with E-state index in [2.05, 4.69) is 15.5 Å². The molecule has 4 N–H and O–H groups in total. The summed E-state index contributed by atoms with van der Waals surface area (Å²) in [5, 5.41) is 41.0. The van der Waals surface area contributed by atoms with Crippen LogP contribution >= 0.6 is 0 Å². The van der Waals surface area contributed by atoms with E-state index in [0.29, 0.717) is 10.9 Å². The molecule has 0 radical (unpaired) electrons. The molecule has 0 bridgehead atoms. The summed E-state index contributed by atoms with van der Waals surface area (Å²) in [6.07, 6.45) is -1.92. The van der Waals surface area contributed by atoms with Gasteiger partial charge in [0.2, 0.25) is 0 Å². The van der Waals surface area contributed by atoms with Crippen LogP contribution < -0.4 is 5.32 Å². The van der Waals surface area contributed by atoms with Crippen LogP contribution in [0, 0.1) is 10.1 Å². The Bertz CT molecular complexity index is 991. The second-order valence-electron chi connectivity index (χ2n) is 6.42. The van der Waals surface area contributed by atoms with Crippen molar-refractivity contribution < 1.29 is 24.7 Å². The zero-order chi connectivity index (χ0) is 20.8. The predicted molar refractivity (Wildman–Crippen MR) is 103 cm³/mol. The number of aliphatic hydroxyl groups is 2. The quantitative estimate of drug-likeness (QED) is 0.334. The van der Waals surface area contributed by atoms with Gasteiger partial charge in [0.25, 0.3) is 5.69 Å². The molecule has 152 valence electrons. The third-order valence-electron chi connectivity index (χ3n) is 4.38. The number of non-ortho nitro benzene ring substituents is 1. The van der Waals surface area contributed by atoms with Gasteiger partial charge in [0, 0.05) is 12.6 Å². The van der Waals surface area contributed by atoms with Crippen molar-refractivity contribution in [2.75, 3.05) is 6.54 Å². The number of carbonyl (C=O) groups is 1. The lowest BCUT2D eigenvalue weighted by molar-refractivity contribution is -0.383. The number of alkyl carbamates (subject to hydrolysis) is 1. The van der Waals surface area contributed by atoms with Crippen LogP contribution in [0.4, 0.5) is 10.5 Å². The Hall–Kier alpha value is -3.50. The molecule has 1 heterocycles. The van der Waals surface area contributed by atoms with Crippen molar-refractivity contribution in [2.45, 2.75) is 25.2 Å². The summed E-state index contributed by atoms with van der Waals surface area (Å²) in [6, 6.07) is 11.9. The van der Waals surface area contributed by atoms with Crippen LogP contribution in [0.1, 0.15) is 23.7 Å². The first kappa shape index (κ1) is 20.2. The number of nitrogens with zero attached hydrogens (tertiary/aromatic N) is 2. The second kappa shape index (κ2) is 9.13. The average Bonchev–Trinajstić information content (AvgIpc) is 3.20. The Kier molecular flexibility index (Phi) is 6.37. The zero-order valence-electron chi connectivity index (χ0n) is 15.3. The van der Waals surface area contributed by atoms with E-state index in [9.17, 15) is 25.1 Å². The number of hydrogen-bond donors (Lipinski definition) is 4. The van der Waals surface area contributed by atoms with E-state index in [1.54, 1.807) is 0 Å². The van der Waals surface area contributed by atoms with Gasteiger partial charge in [-0.2, -0.15) is 5.10 Å². The zero-order valence-corrected chi connectivity index (χ0v) is 15.3. The number of nitrogens with one attached hydrogen (secondary N) is 2. The summed E-state index contributed by atoms with van der Waals surface area (Å²) in [6.45, 7) is 0.173. The highest BCUT2D eigenvalue weighted by Gasteiger charge is 2.23.